The molecule has 1 unspecified atom stereocenters. The molecule has 4 aliphatic rings. The number of alkyl halides is 3. The van der Waals surface area contributed by atoms with E-state index in [2.05, 4.69) is 20.0 Å². The highest BCUT2D eigenvalue weighted by Gasteiger charge is 2.43. The van der Waals surface area contributed by atoms with Crippen LogP contribution in [0.25, 0.3) is 11.0 Å². The van der Waals surface area contributed by atoms with Crippen LogP contribution in [0.4, 0.5) is 24.9 Å². The van der Waals surface area contributed by atoms with Crippen molar-refractivity contribution in [3.8, 4) is 0 Å². The Morgan fingerprint density at radius 2 is 1.78 bits per heavy atom. The summed E-state index contributed by atoms with van der Waals surface area (Å²) in [7, 11) is 0. The average molecular weight is 573 g/mol. The van der Waals surface area contributed by atoms with E-state index in [4.69, 9.17) is 9.72 Å². The van der Waals surface area contributed by atoms with Crippen LogP contribution in [0.1, 0.15) is 69.1 Å². The van der Waals surface area contributed by atoms with Gasteiger partial charge in [-0.3, -0.25) is 9.36 Å². The van der Waals surface area contributed by atoms with Gasteiger partial charge in [0.05, 0.1) is 6.20 Å². The molecule has 3 saturated heterocycles. The molecule has 0 N–H and O–H groups in total. The van der Waals surface area contributed by atoms with Crippen molar-refractivity contribution in [1.82, 2.24) is 29.3 Å². The minimum Gasteiger partial charge on any atom is -0.356 e. The summed E-state index contributed by atoms with van der Waals surface area (Å²) >= 11 is 0. The molecule has 220 valence electrons. The molecule has 1 spiro atoms. The summed E-state index contributed by atoms with van der Waals surface area (Å²) in [6, 6.07) is 1.07. The summed E-state index contributed by atoms with van der Waals surface area (Å²) in [6.07, 6.45) is 4.69. The average Bonchev–Trinajstić information content (AvgIpc) is 3.53. The number of halogens is 3. The monoisotopic (exact) mass is 572 g/mol. The number of hydrogen-bond acceptors (Lipinski definition) is 8. The van der Waals surface area contributed by atoms with Crippen LogP contribution in [-0.4, -0.2) is 62.1 Å². The summed E-state index contributed by atoms with van der Waals surface area (Å²) in [5.41, 5.74) is -0.387. The van der Waals surface area contributed by atoms with Crippen molar-refractivity contribution in [1.29, 1.82) is 0 Å². The molecular formula is C28H35F3N8O2. The fourth-order valence-corrected chi connectivity index (χ4v) is 6.68. The first-order valence-corrected chi connectivity index (χ1v) is 14.7. The molecule has 10 nitrogen and oxygen atoms in total. The molecule has 1 aliphatic carbocycles. The third-order valence-electron chi connectivity index (χ3n) is 9.24. The van der Waals surface area contributed by atoms with E-state index in [0.717, 1.165) is 70.5 Å². The zero-order chi connectivity index (χ0) is 28.4. The molecule has 3 aliphatic heterocycles. The number of anilines is 2. The summed E-state index contributed by atoms with van der Waals surface area (Å²) in [4.78, 5) is 30.9. The van der Waals surface area contributed by atoms with Gasteiger partial charge in [0, 0.05) is 45.4 Å². The number of ether oxygens (including phenoxy) is 1. The van der Waals surface area contributed by atoms with Crippen molar-refractivity contribution in [2.24, 2.45) is 11.3 Å². The Hall–Kier alpha value is -3.22. The summed E-state index contributed by atoms with van der Waals surface area (Å²) in [5.74, 6) is 1.66. The van der Waals surface area contributed by atoms with Crippen molar-refractivity contribution in [3.05, 3.63) is 34.1 Å². The number of hydrogen-bond donors (Lipinski definition) is 0. The lowest BCUT2D eigenvalue weighted by Gasteiger charge is -2.40. The number of aryl methyl sites for hydroxylation is 1. The van der Waals surface area contributed by atoms with E-state index in [-0.39, 0.29) is 23.0 Å². The number of piperidine rings is 1. The van der Waals surface area contributed by atoms with E-state index in [1.807, 2.05) is 9.47 Å². The highest BCUT2D eigenvalue weighted by molar-refractivity contribution is 5.75. The lowest BCUT2D eigenvalue weighted by atomic mass is 9.78. The van der Waals surface area contributed by atoms with Gasteiger partial charge in [0.25, 0.3) is 5.56 Å². The Kier molecular flexibility index (Phi) is 6.47. The minimum absolute atomic E-state index is 0.0167. The lowest BCUT2D eigenvalue weighted by Crippen LogP contribution is -2.44. The van der Waals surface area contributed by atoms with E-state index in [9.17, 15) is 18.0 Å². The van der Waals surface area contributed by atoms with E-state index in [1.165, 1.54) is 6.92 Å². The van der Waals surface area contributed by atoms with Gasteiger partial charge in [0.2, 0.25) is 5.95 Å². The molecular weight excluding hydrogens is 537 g/mol. The molecule has 1 atom stereocenters. The van der Waals surface area contributed by atoms with Crippen molar-refractivity contribution >= 4 is 22.8 Å². The zero-order valence-electron chi connectivity index (χ0n) is 23.2. The molecule has 13 heteroatoms. The third kappa shape index (κ3) is 5.06. The largest absolute Gasteiger partial charge is 0.433 e. The van der Waals surface area contributed by atoms with Crippen molar-refractivity contribution in [2.45, 2.75) is 77.2 Å². The van der Waals surface area contributed by atoms with Gasteiger partial charge in [-0.1, -0.05) is 0 Å². The van der Waals surface area contributed by atoms with Crippen molar-refractivity contribution in [3.63, 3.8) is 0 Å². The molecule has 41 heavy (non-hydrogen) atoms. The number of fused-ring (bicyclic) bond motifs is 1. The molecule has 0 radical (unpaired) electrons. The second kappa shape index (κ2) is 9.95. The highest BCUT2D eigenvalue weighted by Crippen LogP contribution is 2.43. The van der Waals surface area contributed by atoms with Crippen LogP contribution >= 0.6 is 0 Å². The predicted octanol–water partition coefficient (Wildman–Crippen LogP) is 4.32. The van der Waals surface area contributed by atoms with Crippen LogP contribution in [0.2, 0.25) is 0 Å². The Morgan fingerprint density at radius 3 is 2.46 bits per heavy atom. The quantitative estimate of drug-likeness (QED) is 0.447. The molecule has 3 aromatic rings. The van der Waals surface area contributed by atoms with Crippen LogP contribution in [-0.2, 0) is 17.5 Å². The van der Waals surface area contributed by atoms with E-state index >= 15 is 0 Å². The molecule has 6 heterocycles. The van der Waals surface area contributed by atoms with Crippen molar-refractivity contribution in [2.75, 3.05) is 42.6 Å². The Labute approximate surface area is 235 Å². The maximum absolute atomic E-state index is 13.7. The van der Waals surface area contributed by atoms with E-state index in [1.54, 1.807) is 10.9 Å². The fraction of sp³-hybridized carbons (Fsp3) is 0.679. The van der Waals surface area contributed by atoms with Crippen LogP contribution in [0.5, 0.6) is 0 Å². The SMILES string of the molecule is Cc1nc(N2CCC3(CCN(c4nc5c(cnn5C5CCCCO5)c(=O)n4CC4CC4)CC3)C2)cc(C(F)(F)F)n1. The number of aromatic nitrogens is 6. The lowest BCUT2D eigenvalue weighted by molar-refractivity contribution is -0.141. The molecule has 0 aromatic carbocycles. The first kappa shape index (κ1) is 26.7. The Morgan fingerprint density at radius 1 is 1.02 bits per heavy atom. The molecule has 0 amide bonds. The number of nitrogens with zero attached hydrogens (tertiary/aromatic N) is 8. The first-order valence-electron chi connectivity index (χ1n) is 14.7. The summed E-state index contributed by atoms with van der Waals surface area (Å²) < 4.78 is 49.7. The minimum atomic E-state index is -4.51. The normalized spacial score (nSPS) is 23.2. The maximum atomic E-state index is 13.7. The Balaban J connectivity index is 1.14. The summed E-state index contributed by atoms with van der Waals surface area (Å²) in [6.45, 7) is 5.59. The van der Waals surface area contributed by atoms with Crippen LogP contribution in [0, 0.1) is 18.3 Å². The second-order valence-electron chi connectivity index (χ2n) is 12.2. The standard InChI is InChI=1S/C28H35F3N8O2/c1-18-33-21(28(29,30)31)14-22(34-18)37-12-9-27(17-37)7-10-36(11-8-27)26-35-24-20(25(40)38(26)16-19-5-6-19)15-32-39(24)23-4-2-3-13-41-23/h14-15,19,23H,2-13,16-17H2,1H3. The first-order chi connectivity index (χ1) is 19.7. The molecule has 3 aromatic heterocycles. The van der Waals surface area contributed by atoms with Gasteiger partial charge in [-0.15, -0.1) is 0 Å². The molecule has 1 saturated carbocycles. The van der Waals surface area contributed by atoms with Gasteiger partial charge in [-0.25, -0.2) is 14.6 Å². The van der Waals surface area contributed by atoms with E-state index in [0.29, 0.717) is 55.0 Å². The second-order valence-corrected chi connectivity index (χ2v) is 12.2. The fourth-order valence-electron chi connectivity index (χ4n) is 6.68. The third-order valence-corrected chi connectivity index (χ3v) is 9.24. The van der Waals surface area contributed by atoms with E-state index < -0.39 is 11.9 Å². The highest BCUT2D eigenvalue weighted by atomic mass is 19.4. The molecule has 7 rings (SSSR count). The van der Waals surface area contributed by atoms with Gasteiger partial charge in [0.1, 0.15) is 22.7 Å². The smallest absolute Gasteiger partial charge is 0.356 e. The van der Waals surface area contributed by atoms with Gasteiger partial charge >= 0.3 is 6.18 Å². The molecule has 0 bridgehead atoms. The van der Waals surface area contributed by atoms with Crippen LogP contribution in [0.3, 0.4) is 0 Å². The Bertz CT molecular complexity index is 1500. The van der Waals surface area contributed by atoms with Gasteiger partial charge in [0.15, 0.2) is 11.9 Å². The topological polar surface area (TPSA) is 94.2 Å². The van der Waals surface area contributed by atoms with Gasteiger partial charge in [-0.2, -0.15) is 23.3 Å². The predicted molar refractivity (Wildman–Crippen MR) is 146 cm³/mol. The van der Waals surface area contributed by atoms with Gasteiger partial charge < -0.3 is 14.5 Å². The maximum Gasteiger partial charge on any atom is 0.433 e. The van der Waals surface area contributed by atoms with Crippen molar-refractivity contribution < 1.29 is 17.9 Å². The number of rotatable bonds is 5. The molecule has 4 fully saturated rings. The van der Waals surface area contributed by atoms with Crippen LogP contribution in [0.15, 0.2) is 17.1 Å². The zero-order valence-corrected chi connectivity index (χ0v) is 23.2. The summed E-state index contributed by atoms with van der Waals surface area (Å²) in [5, 5.41) is 5.06. The van der Waals surface area contributed by atoms with Crippen LogP contribution < -0.4 is 15.4 Å². The van der Waals surface area contributed by atoms with Gasteiger partial charge in [-0.05, 0) is 69.6 Å².